The summed E-state index contributed by atoms with van der Waals surface area (Å²) < 4.78 is 0. The van der Waals surface area contributed by atoms with Crippen LogP contribution >= 0.6 is 0 Å². The van der Waals surface area contributed by atoms with Gasteiger partial charge in [-0.25, -0.2) is 4.79 Å². The fourth-order valence-electron chi connectivity index (χ4n) is 1.40. The molecular formula is C11H10N2O3. The molecule has 0 radical (unpaired) electrons. The lowest BCUT2D eigenvalue weighted by Crippen LogP contribution is -2.24. The molecule has 2 aromatic rings. The van der Waals surface area contributed by atoms with Gasteiger partial charge in [-0.1, -0.05) is 12.1 Å². The van der Waals surface area contributed by atoms with E-state index in [0.717, 1.165) is 5.56 Å². The van der Waals surface area contributed by atoms with Crippen molar-refractivity contribution >= 4 is 0 Å². The first-order valence-corrected chi connectivity index (χ1v) is 4.74. The smallest absolute Gasteiger partial charge is 0.325 e. The summed E-state index contributed by atoms with van der Waals surface area (Å²) >= 11 is 0. The molecule has 1 aromatic carbocycles. The molecule has 3 N–H and O–H groups in total. The van der Waals surface area contributed by atoms with E-state index in [1.807, 2.05) is 0 Å². The molecule has 0 amide bonds. The number of benzene rings is 1. The number of hydrogen-bond acceptors (Lipinski definition) is 3. The Hall–Kier alpha value is -2.30. The molecule has 2 rings (SSSR count). The molecule has 0 fully saturated rings. The fraction of sp³-hybridized carbons (Fsp3) is 0.0909. The van der Waals surface area contributed by atoms with Crippen LogP contribution in [0.5, 0.6) is 5.75 Å². The molecule has 0 saturated heterocycles. The lowest BCUT2D eigenvalue weighted by atomic mass is 10.1. The van der Waals surface area contributed by atoms with E-state index in [1.165, 1.54) is 6.20 Å². The lowest BCUT2D eigenvalue weighted by molar-refractivity contribution is 0.475. The van der Waals surface area contributed by atoms with E-state index in [9.17, 15) is 9.59 Å². The van der Waals surface area contributed by atoms with Gasteiger partial charge >= 0.3 is 5.69 Å². The third kappa shape index (κ3) is 2.20. The fourth-order valence-corrected chi connectivity index (χ4v) is 1.40. The Bertz CT molecular complexity index is 596. The van der Waals surface area contributed by atoms with Gasteiger partial charge in [0.1, 0.15) is 5.75 Å². The van der Waals surface area contributed by atoms with E-state index in [1.54, 1.807) is 24.3 Å². The van der Waals surface area contributed by atoms with E-state index in [0.29, 0.717) is 12.0 Å². The molecule has 82 valence electrons. The third-order valence-corrected chi connectivity index (χ3v) is 2.23. The summed E-state index contributed by atoms with van der Waals surface area (Å²) in [5.74, 6) is 0.180. The third-order valence-electron chi connectivity index (χ3n) is 2.23. The zero-order chi connectivity index (χ0) is 11.5. The number of phenolic OH excluding ortho intramolecular Hbond substituents is 1. The first kappa shape index (κ1) is 10.2. The van der Waals surface area contributed by atoms with Crippen molar-refractivity contribution in [3.63, 3.8) is 0 Å². The number of nitrogens with one attached hydrogen (secondary N) is 2. The van der Waals surface area contributed by atoms with Gasteiger partial charge in [-0.3, -0.25) is 9.78 Å². The van der Waals surface area contributed by atoms with Gasteiger partial charge in [0.15, 0.2) is 0 Å². The first-order valence-electron chi connectivity index (χ1n) is 4.74. The van der Waals surface area contributed by atoms with Gasteiger partial charge in [0.2, 0.25) is 0 Å². The Morgan fingerprint density at radius 2 is 1.81 bits per heavy atom. The van der Waals surface area contributed by atoms with Crippen LogP contribution in [0.3, 0.4) is 0 Å². The molecule has 0 unspecified atom stereocenters. The number of H-pyrrole nitrogens is 2. The van der Waals surface area contributed by atoms with Gasteiger partial charge in [0.25, 0.3) is 5.56 Å². The van der Waals surface area contributed by atoms with Gasteiger partial charge in [0, 0.05) is 18.2 Å². The van der Waals surface area contributed by atoms with Crippen LogP contribution in [0.25, 0.3) is 0 Å². The van der Waals surface area contributed by atoms with Crippen molar-refractivity contribution in [3.05, 3.63) is 62.4 Å². The van der Waals surface area contributed by atoms with Gasteiger partial charge < -0.3 is 10.1 Å². The van der Waals surface area contributed by atoms with Crippen molar-refractivity contribution in [2.45, 2.75) is 6.42 Å². The molecule has 5 heteroatoms. The summed E-state index contributed by atoms with van der Waals surface area (Å²) in [6, 6.07) is 6.55. The topological polar surface area (TPSA) is 85.9 Å². The molecule has 1 heterocycles. The minimum Gasteiger partial charge on any atom is -0.508 e. The number of rotatable bonds is 2. The average Bonchev–Trinajstić information content (AvgIpc) is 2.25. The van der Waals surface area contributed by atoms with E-state index in [2.05, 4.69) is 9.97 Å². The summed E-state index contributed by atoms with van der Waals surface area (Å²) in [5, 5.41) is 9.10. The molecule has 0 aliphatic heterocycles. The Kier molecular flexibility index (Phi) is 2.59. The summed E-state index contributed by atoms with van der Waals surface area (Å²) in [6.07, 6.45) is 1.81. The highest BCUT2D eigenvalue weighted by molar-refractivity contribution is 5.29. The van der Waals surface area contributed by atoms with Crippen LogP contribution in [-0.2, 0) is 6.42 Å². The summed E-state index contributed by atoms with van der Waals surface area (Å²) in [7, 11) is 0. The Morgan fingerprint density at radius 1 is 1.12 bits per heavy atom. The predicted molar refractivity (Wildman–Crippen MR) is 58.6 cm³/mol. The summed E-state index contributed by atoms with van der Waals surface area (Å²) in [6.45, 7) is 0. The molecule has 0 aliphatic rings. The maximum atomic E-state index is 11.4. The lowest BCUT2D eigenvalue weighted by Gasteiger charge is -2.00. The molecule has 0 aliphatic carbocycles. The van der Waals surface area contributed by atoms with Crippen LogP contribution in [0.1, 0.15) is 11.1 Å². The van der Waals surface area contributed by atoms with Crippen molar-refractivity contribution in [1.82, 2.24) is 9.97 Å². The second-order valence-electron chi connectivity index (χ2n) is 3.44. The zero-order valence-electron chi connectivity index (χ0n) is 8.36. The Labute approximate surface area is 90.4 Å². The number of aromatic nitrogens is 2. The van der Waals surface area contributed by atoms with Gasteiger partial charge in [0.05, 0.1) is 0 Å². The van der Waals surface area contributed by atoms with Crippen molar-refractivity contribution in [1.29, 1.82) is 0 Å². The van der Waals surface area contributed by atoms with E-state index < -0.39 is 11.2 Å². The monoisotopic (exact) mass is 218 g/mol. The molecule has 0 spiro atoms. The maximum absolute atomic E-state index is 11.4. The summed E-state index contributed by atoms with van der Waals surface area (Å²) in [5.41, 5.74) is 0.455. The maximum Gasteiger partial charge on any atom is 0.325 e. The summed E-state index contributed by atoms with van der Waals surface area (Å²) in [4.78, 5) is 26.7. The van der Waals surface area contributed by atoms with Crippen molar-refractivity contribution < 1.29 is 5.11 Å². The van der Waals surface area contributed by atoms with E-state index in [-0.39, 0.29) is 5.75 Å². The van der Waals surface area contributed by atoms with Crippen LogP contribution in [0.15, 0.2) is 40.1 Å². The Morgan fingerprint density at radius 3 is 2.44 bits per heavy atom. The van der Waals surface area contributed by atoms with Crippen LogP contribution < -0.4 is 11.2 Å². The number of hydrogen-bond donors (Lipinski definition) is 3. The second kappa shape index (κ2) is 4.06. The standard InChI is InChI=1S/C11H10N2O3/c14-9-3-1-7(2-4-9)5-8-6-12-11(16)13-10(8)15/h1-4,6,14H,5H2,(H2,12,13,15,16). The van der Waals surface area contributed by atoms with Crippen LogP contribution in [0.2, 0.25) is 0 Å². The molecule has 0 saturated carbocycles. The molecule has 0 atom stereocenters. The first-order chi connectivity index (χ1) is 7.65. The highest BCUT2D eigenvalue weighted by atomic mass is 16.3. The highest BCUT2D eigenvalue weighted by Crippen LogP contribution is 2.11. The average molecular weight is 218 g/mol. The van der Waals surface area contributed by atoms with Crippen molar-refractivity contribution in [2.24, 2.45) is 0 Å². The van der Waals surface area contributed by atoms with Crippen LogP contribution in [-0.4, -0.2) is 15.1 Å². The molecule has 5 nitrogen and oxygen atoms in total. The minimum atomic E-state index is -0.514. The second-order valence-corrected chi connectivity index (χ2v) is 3.44. The SMILES string of the molecule is O=c1[nH]cc(Cc2ccc(O)cc2)c(=O)[nH]1. The zero-order valence-corrected chi connectivity index (χ0v) is 8.36. The molecule has 1 aromatic heterocycles. The Balaban J connectivity index is 2.30. The van der Waals surface area contributed by atoms with Gasteiger partial charge in [-0.2, -0.15) is 0 Å². The van der Waals surface area contributed by atoms with E-state index in [4.69, 9.17) is 5.11 Å². The van der Waals surface area contributed by atoms with Crippen molar-refractivity contribution in [3.8, 4) is 5.75 Å². The van der Waals surface area contributed by atoms with Crippen LogP contribution in [0, 0.1) is 0 Å². The van der Waals surface area contributed by atoms with Gasteiger partial charge in [-0.05, 0) is 17.7 Å². The largest absolute Gasteiger partial charge is 0.508 e. The number of aromatic amines is 2. The highest BCUT2D eigenvalue weighted by Gasteiger charge is 2.01. The molecular weight excluding hydrogens is 208 g/mol. The molecule has 0 bridgehead atoms. The van der Waals surface area contributed by atoms with Gasteiger partial charge in [-0.15, -0.1) is 0 Å². The normalized spacial score (nSPS) is 10.2. The molecule has 16 heavy (non-hydrogen) atoms. The minimum absolute atomic E-state index is 0.180. The van der Waals surface area contributed by atoms with Crippen molar-refractivity contribution in [2.75, 3.05) is 0 Å². The van der Waals surface area contributed by atoms with Crippen LogP contribution in [0.4, 0.5) is 0 Å². The predicted octanol–water partition coefficient (Wildman–Crippen LogP) is 0.360. The number of aromatic hydroxyl groups is 1. The van der Waals surface area contributed by atoms with E-state index >= 15 is 0 Å². The quantitative estimate of drug-likeness (QED) is 0.680. The number of phenols is 1.